The highest BCUT2D eigenvalue weighted by molar-refractivity contribution is 6.08. The van der Waals surface area contributed by atoms with Crippen molar-refractivity contribution in [3.8, 4) is 5.75 Å². The van der Waals surface area contributed by atoms with Crippen LogP contribution in [-0.2, 0) is 16.1 Å². The molecule has 1 aromatic heterocycles. The summed E-state index contributed by atoms with van der Waals surface area (Å²) in [5.74, 6) is -0.257. The molecule has 21 heavy (non-hydrogen) atoms. The molecule has 2 N–H and O–H groups in total. The Hall–Kier alpha value is -2.83. The van der Waals surface area contributed by atoms with Crippen molar-refractivity contribution in [2.75, 3.05) is 7.11 Å². The van der Waals surface area contributed by atoms with Crippen molar-refractivity contribution in [3.63, 3.8) is 0 Å². The molecule has 110 valence electrons. The van der Waals surface area contributed by atoms with Crippen molar-refractivity contribution < 1.29 is 19.1 Å². The molecule has 0 fully saturated rings. The fraction of sp³-hybridized carbons (Fsp3) is 0.214. The molecule has 0 atom stereocenters. The largest absolute Gasteiger partial charge is 0.497 e. The van der Waals surface area contributed by atoms with Crippen LogP contribution >= 0.6 is 0 Å². The van der Waals surface area contributed by atoms with Crippen LogP contribution in [0.15, 0.2) is 29.1 Å². The molecule has 2 aromatic rings. The van der Waals surface area contributed by atoms with Crippen LogP contribution in [0.1, 0.15) is 28.7 Å². The van der Waals surface area contributed by atoms with E-state index < -0.39 is 11.7 Å². The molecule has 0 aliphatic carbocycles. The molecule has 7 nitrogen and oxygen atoms in total. The monoisotopic (exact) mass is 290 g/mol. The van der Waals surface area contributed by atoms with Gasteiger partial charge >= 0.3 is 11.7 Å². The summed E-state index contributed by atoms with van der Waals surface area (Å²) >= 11 is 0. The highest BCUT2D eigenvalue weighted by Gasteiger charge is 2.18. The van der Waals surface area contributed by atoms with Crippen molar-refractivity contribution in [1.29, 1.82) is 0 Å². The molecule has 0 aliphatic rings. The molecule has 0 aliphatic heterocycles. The molecule has 0 bridgehead atoms. The fourth-order valence-electron chi connectivity index (χ4n) is 1.78. The number of ether oxygens (including phenoxy) is 2. The van der Waals surface area contributed by atoms with Gasteiger partial charge in [0.25, 0.3) is 0 Å². The standard InChI is InChI=1S/C14H14N2O5/c1-8(17)21-7-11-12(16-14(19)15-11)13(18)9-3-5-10(20-2)6-4-9/h3-6H,7H2,1-2H3,(H2,15,16,19). The Morgan fingerprint density at radius 1 is 1.14 bits per heavy atom. The number of carbonyl (C=O) groups is 2. The fourth-order valence-corrected chi connectivity index (χ4v) is 1.78. The smallest absolute Gasteiger partial charge is 0.323 e. The summed E-state index contributed by atoms with van der Waals surface area (Å²) in [4.78, 5) is 39.4. The molecule has 0 radical (unpaired) electrons. The van der Waals surface area contributed by atoms with E-state index in [-0.39, 0.29) is 23.8 Å². The van der Waals surface area contributed by atoms with E-state index in [1.807, 2.05) is 0 Å². The molecule has 7 heteroatoms. The second-order valence-electron chi connectivity index (χ2n) is 4.27. The number of benzene rings is 1. The Morgan fingerprint density at radius 3 is 2.38 bits per heavy atom. The summed E-state index contributed by atoms with van der Waals surface area (Å²) in [6.45, 7) is 1.07. The highest BCUT2D eigenvalue weighted by atomic mass is 16.5. The molecular formula is C14H14N2O5. The third-order valence-corrected chi connectivity index (χ3v) is 2.80. The van der Waals surface area contributed by atoms with Crippen LogP contribution in [0.4, 0.5) is 0 Å². The van der Waals surface area contributed by atoms with E-state index >= 15 is 0 Å². The van der Waals surface area contributed by atoms with Gasteiger partial charge in [0, 0.05) is 12.5 Å². The van der Waals surface area contributed by atoms with Crippen molar-refractivity contribution in [3.05, 3.63) is 51.7 Å². The third kappa shape index (κ3) is 3.38. The average molecular weight is 290 g/mol. The van der Waals surface area contributed by atoms with Gasteiger partial charge in [-0.15, -0.1) is 0 Å². The number of rotatable bonds is 5. The molecule has 0 unspecified atom stereocenters. The quantitative estimate of drug-likeness (QED) is 0.632. The molecule has 0 amide bonds. The summed E-state index contributed by atoms with van der Waals surface area (Å²) in [6.07, 6.45) is 0. The van der Waals surface area contributed by atoms with Crippen LogP contribution in [-0.4, -0.2) is 28.8 Å². The minimum absolute atomic E-state index is 0.0754. The number of H-pyrrole nitrogens is 2. The average Bonchev–Trinajstić information content (AvgIpc) is 2.85. The normalized spacial score (nSPS) is 10.2. The second-order valence-corrected chi connectivity index (χ2v) is 4.27. The molecule has 0 saturated carbocycles. The van der Waals surface area contributed by atoms with E-state index in [9.17, 15) is 14.4 Å². The summed E-state index contributed by atoms with van der Waals surface area (Å²) in [7, 11) is 1.53. The Bertz CT molecular complexity index is 712. The number of ketones is 1. The van der Waals surface area contributed by atoms with Crippen molar-refractivity contribution in [2.24, 2.45) is 0 Å². The number of methoxy groups -OCH3 is 1. The lowest BCUT2D eigenvalue weighted by Crippen LogP contribution is -2.08. The van der Waals surface area contributed by atoms with E-state index in [1.54, 1.807) is 24.3 Å². The van der Waals surface area contributed by atoms with Gasteiger partial charge in [0.1, 0.15) is 18.1 Å². The van der Waals surface area contributed by atoms with E-state index in [0.29, 0.717) is 11.3 Å². The highest BCUT2D eigenvalue weighted by Crippen LogP contribution is 2.15. The maximum atomic E-state index is 12.4. The zero-order chi connectivity index (χ0) is 15.4. The lowest BCUT2D eigenvalue weighted by atomic mass is 10.1. The summed E-state index contributed by atoms with van der Waals surface area (Å²) in [5, 5.41) is 0. The van der Waals surface area contributed by atoms with Gasteiger partial charge in [-0.05, 0) is 24.3 Å². The number of carbonyl (C=O) groups excluding carboxylic acids is 2. The van der Waals surface area contributed by atoms with Crippen LogP contribution < -0.4 is 10.4 Å². The Kier molecular flexibility index (Phi) is 4.22. The first-order valence-corrected chi connectivity index (χ1v) is 6.14. The maximum absolute atomic E-state index is 12.4. The lowest BCUT2D eigenvalue weighted by Gasteiger charge is -2.04. The van der Waals surface area contributed by atoms with E-state index in [4.69, 9.17) is 9.47 Å². The van der Waals surface area contributed by atoms with E-state index in [2.05, 4.69) is 9.97 Å². The predicted molar refractivity (Wildman–Crippen MR) is 73.3 cm³/mol. The van der Waals surface area contributed by atoms with Crippen LogP contribution in [0.3, 0.4) is 0 Å². The molecule has 1 aromatic carbocycles. The first kappa shape index (κ1) is 14.6. The van der Waals surface area contributed by atoms with Gasteiger partial charge in [0.05, 0.1) is 12.8 Å². The Morgan fingerprint density at radius 2 is 1.81 bits per heavy atom. The van der Waals surface area contributed by atoms with Gasteiger partial charge in [0.2, 0.25) is 5.78 Å². The molecule has 0 saturated heterocycles. The van der Waals surface area contributed by atoms with Crippen molar-refractivity contribution in [2.45, 2.75) is 13.5 Å². The zero-order valence-electron chi connectivity index (χ0n) is 11.6. The summed E-state index contributed by atoms with van der Waals surface area (Å²) < 4.78 is 9.82. The van der Waals surface area contributed by atoms with Gasteiger partial charge in [0.15, 0.2) is 0 Å². The third-order valence-electron chi connectivity index (χ3n) is 2.80. The number of aromatic amines is 2. The summed E-state index contributed by atoms with van der Waals surface area (Å²) in [5.41, 5.74) is 0.159. The van der Waals surface area contributed by atoms with Crippen molar-refractivity contribution >= 4 is 11.8 Å². The van der Waals surface area contributed by atoms with Crippen LogP contribution in [0.5, 0.6) is 5.75 Å². The van der Waals surface area contributed by atoms with Crippen LogP contribution in [0.2, 0.25) is 0 Å². The van der Waals surface area contributed by atoms with E-state index in [0.717, 1.165) is 0 Å². The minimum Gasteiger partial charge on any atom is -0.497 e. The predicted octanol–water partition coefficient (Wildman–Crippen LogP) is 1.01. The van der Waals surface area contributed by atoms with Gasteiger partial charge in [-0.1, -0.05) is 0 Å². The van der Waals surface area contributed by atoms with Gasteiger partial charge < -0.3 is 19.4 Å². The zero-order valence-corrected chi connectivity index (χ0v) is 11.6. The first-order chi connectivity index (χ1) is 10.0. The van der Waals surface area contributed by atoms with Gasteiger partial charge in [-0.2, -0.15) is 0 Å². The van der Waals surface area contributed by atoms with E-state index in [1.165, 1.54) is 14.0 Å². The second kappa shape index (κ2) is 6.08. The number of hydrogen-bond donors (Lipinski definition) is 2. The van der Waals surface area contributed by atoms with Gasteiger partial charge in [-0.25, -0.2) is 4.79 Å². The minimum atomic E-state index is -0.533. The van der Waals surface area contributed by atoms with Crippen LogP contribution in [0.25, 0.3) is 0 Å². The number of nitrogens with one attached hydrogen (secondary N) is 2. The summed E-state index contributed by atoms with van der Waals surface area (Å²) in [6, 6.07) is 6.46. The number of esters is 1. The van der Waals surface area contributed by atoms with Gasteiger partial charge in [-0.3, -0.25) is 9.59 Å². The molecular weight excluding hydrogens is 276 g/mol. The van der Waals surface area contributed by atoms with Crippen LogP contribution in [0, 0.1) is 0 Å². The Labute approximate surface area is 119 Å². The molecule has 0 spiro atoms. The first-order valence-electron chi connectivity index (χ1n) is 6.14. The topological polar surface area (TPSA) is 101 Å². The SMILES string of the molecule is COc1ccc(C(=O)c2[nH]c(=O)[nH]c2COC(C)=O)cc1. The number of hydrogen-bond acceptors (Lipinski definition) is 5. The van der Waals surface area contributed by atoms with Crippen molar-refractivity contribution in [1.82, 2.24) is 9.97 Å². The maximum Gasteiger partial charge on any atom is 0.323 e. The Balaban J connectivity index is 2.29. The lowest BCUT2D eigenvalue weighted by molar-refractivity contribution is -0.142. The number of aromatic nitrogens is 2. The number of imidazole rings is 1. The molecule has 1 heterocycles. The molecule has 2 rings (SSSR count).